The minimum atomic E-state index is -3.58. The molecule has 0 N–H and O–H groups in total. The molecule has 8 heteroatoms. The molecule has 1 aromatic rings. The first-order chi connectivity index (χ1) is 10.9. The van der Waals surface area contributed by atoms with Crippen molar-refractivity contribution >= 4 is 10.0 Å². The zero-order chi connectivity index (χ0) is 16.8. The molecule has 1 aliphatic carbocycles. The molecule has 0 aromatic carbocycles. The van der Waals surface area contributed by atoms with Gasteiger partial charge < -0.3 is 9.47 Å². The number of aromatic nitrogens is 2. The molecule has 3 rings (SSSR count). The van der Waals surface area contributed by atoms with Crippen LogP contribution >= 0.6 is 0 Å². The average molecular weight is 343 g/mol. The summed E-state index contributed by atoms with van der Waals surface area (Å²) in [6, 6.07) is -0.149. The van der Waals surface area contributed by atoms with Crippen molar-refractivity contribution in [3.63, 3.8) is 0 Å². The van der Waals surface area contributed by atoms with Gasteiger partial charge in [0.1, 0.15) is 11.0 Å². The predicted octanol–water partition coefficient (Wildman–Crippen LogP) is 0.994. The average Bonchev–Trinajstić information content (AvgIpc) is 3.01. The van der Waals surface area contributed by atoms with Gasteiger partial charge in [-0.2, -0.15) is 9.40 Å². The van der Waals surface area contributed by atoms with Crippen molar-refractivity contribution in [3.8, 4) is 0 Å². The third kappa shape index (κ3) is 2.71. The van der Waals surface area contributed by atoms with Crippen LogP contribution in [0.25, 0.3) is 0 Å². The zero-order valence-electron chi connectivity index (χ0n) is 14.2. The summed E-state index contributed by atoms with van der Waals surface area (Å²) < 4.78 is 41.3. The van der Waals surface area contributed by atoms with E-state index in [4.69, 9.17) is 9.47 Å². The summed E-state index contributed by atoms with van der Waals surface area (Å²) in [4.78, 5) is 0.334. The maximum Gasteiger partial charge on any atom is 0.247 e. The molecule has 23 heavy (non-hydrogen) atoms. The Bertz CT molecular complexity index is 685. The molecule has 130 valence electrons. The van der Waals surface area contributed by atoms with Gasteiger partial charge in [0.05, 0.1) is 30.1 Å². The Morgan fingerprint density at radius 1 is 1.35 bits per heavy atom. The van der Waals surface area contributed by atoms with Gasteiger partial charge in [0.2, 0.25) is 10.0 Å². The molecule has 0 unspecified atom stereocenters. The van der Waals surface area contributed by atoms with Gasteiger partial charge in [-0.25, -0.2) is 8.42 Å². The number of rotatable bonds is 4. The standard InChI is InChI=1S/C15H25N3O4S/c1-5-21-13-7-6-12-14(13)22-9-8-18(12)23(19,20)15-10(2)16-17(4)11(15)3/h12-14H,5-9H2,1-4H3/t12-,13-,14-/m0/s1. The van der Waals surface area contributed by atoms with Crippen molar-refractivity contribution < 1.29 is 17.9 Å². The van der Waals surface area contributed by atoms with Crippen LogP contribution in [-0.4, -0.2) is 60.5 Å². The van der Waals surface area contributed by atoms with Crippen molar-refractivity contribution in [1.29, 1.82) is 0 Å². The number of sulfonamides is 1. The zero-order valence-corrected chi connectivity index (χ0v) is 15.0. The van der Waals surface area contributed by atoms with Gasteiger partial charge in [-0.05, 0) is 33.6 Å². The molecule has 2 fully saturated rings. The van der Waals surface area contributed by atoms with Crippen LogP contribution in [0.3, 0.4) is 0 Å². The van der Waals surface area contributed by atoms with Gasteiger partial charge in [-0.15, -0.1) is 0 Å². The van der Waals surface area contributed by atoms with Crippen LogP contribution in [0.2, 0.25) is 0 Å². The van der Waals surface area contributed by atoms with E-state index < -0.39 is 10.0 Å². The summed E-state index contributed by atoms with van der Waals surface area (Å²) in [5.41, 5.74) is 1.22. The van der Waals surface area contributed by atoms with Crippen molar-refractivity contribution in [1.82, 2.24) is 14.1 Å². The fourth-order valence-electron chi connectivity index (χ4n) is 3.82. The van der Waals surface area contributed by atoms with E-state index >= 15 is 0 Å². The Hall–Kier alpha value is -0.960. The second kappa shape index (κ2) is 6.16. The summed E-state index contributed by atoms with van der Waals surface area (Å²) >= 11 is 0. The molecular formula is C15H25N3O4S. The molecule has 0 spiro atoms. The Kier molecular flexibility index (Phi) is 4.52. The number of fused-ring (bicyclic) bond motifs is 1. The highest BCUT2D eigenvalue weighted by Gasteiger charge is 2.48. The van der Waals surface area contributed by atoms with E-state index in [0.717, 1.165) is 12.8 Å². The predicted molar refractivity (Wildman–Crippen MR) is 84.7 cm³/mol. The first-order valence-corrected chi connectivity index (χ1v) is 9.57. The quantitative estimate of drug-likeness (QED) is 0.815. The normalized spacial score (nSPS) is 29.0. The molecular weight excluding hydrogens is 318 g/mol. The first kappa shape index (κ1) is 16.9. The molecule has 0 bridgehead atoms. The Balaban J connectivity index is 1.94. The van der Waals surface area contributed by atoms with E-state index in [0.29, 0.717) is 36.0 Å². The second-order valence-corrected chi connectivity index (χ2v) is 8.04. The summed E-state index contributed by atoms with van der Waals surface area (Å²) in [5.74, 6) is 0. The van der Waals surface area contributed by atoms with Crippen LogP contribution in [0.1, 0.15) is 31.2 Å². The highest BCUT2D eigenvalue weighted by atomic mass is 32.2. The summed E-state index contributed by atoms with van der Waals surface area (Å²) in [7, 11) is -1.81. The molecule has 2 aliphatic rings. The van der Waals surface area contributed by atoms with E-state index in [2.05, 4.69) is 5.10 Å². The summed E-state index contributed by atoms with van der Waals surface area (Å²) in [6.07, 6.45) is 1.42. The van der Waals surface area contributed by atoms with Gasteiger partial charge in [-0.1, -0.05) is 0 Å². The van der Waals surface area contributed by atoms with E-state index in [1.54, 1.807) is 29.9 Å². The molecule has 1 saturated carbocycles. The highest BCUT2D eigenvalue weighted by molar-refractivity contribution is 7.89. The minimum Gasteiger partial charge on any atom is -0.376 e. The Labute approximate surface area is 137 Å². The van der Waals surface area contributed by atoms with E-state index in [-0.39, 0.29) is 18.2 Å². The third-order valence-electron chi connectivity index (χ3n) is 4.87. The summed E-state index contributed by atoms with van der Waals surface area (Å²) in [5, 5.41) is 4.26. The number of nitrogens with zero attached hydrogens (tertiary/aromatic N) is 3. The largest absolute Gasteiger partial charge is 0.376 e. The van der Waals surface area contributed by atoms with E-state index in [1.807, 2.05) is 6.92 Å². The van der Waals surface area contributed by atoms with Crippen LogP contribution in [0, 0.1) is 13.8 Å². The number of morpholine rings is 1. The highest BCUT2D eigenvalue weighted by Crippen LogP contribution is 2.36. The fourth-order valence-corrected chi connectivity index (χ4v) is 5.87. The topological polar surface area (TPSA) is 73.7 Å². The molecule has 7 nitrogen and oxygen atoms in total. The third-order valence-corrected chi connectivity index (χ3v) is 7.05. The molecule has 3 atom stereocenters. The monoisotopic (exact) mass is 343 g/mol. The lowest BCUT2D eigenvalue weighted by atomic mass is 10.1. The van der Waals surface area contributed by atoms with Crippen LogP contribution < -0.4 is 0 Å². The SMILES string of the molecule is CCO[C@H]1CC[C@H]2[C@@H]1OCCN2S(=O)(=O)c1c(C)nn(C)c1C. The summed E-state index contributed by atoms with van der Waals surface area (Å²) in [6.45, 7) is 6.90. The van der Waals surface area contributed by atoms with Gasteiger partial charge in [0, 0.05) is 20.2 Å². The van der Waals surface area contributed by atoms with Crippen molar-refractivity contribution in [2.45, 2.75) is 56.8 Å². The molecule has 2 heterocycles. The number of ether oxygens (including phenoxy) is 2. The van der Waals surface area contributed by atoms with Crippen molar-refractivity contribution in [2.75, 3.05) is 19.8 Å². The van der Waals surface area contributed by atoms with Gasteiger partial charge >= 0.3 is 0 Å². The molecule has 0 amide bonds. The van der Waals surface area contributed by atoms with Crippen LogP contribution in [-0.2, 0) is 26.5 Å². The molecule has 0 radical (unpaired) electrons. The lowest BCUT2D eigenvalue weighted by molar-refractivity contribution is -0.0938. The second-order valence-electron chi connectivity index (χ2n) is 6.21. The maximum absolute atomic E-state index is 13.2. The smallest absolute Gasteiger partial charge is 0.247 e. The van der Waals surface area contributed by atoms with Gasteiger partial charge in [-0.3, -0.25) is 4.68 Å². The van der Waals surface area contributed by atoms with Crippen LogP contribution in [0.4, 0.5) is 0 Å². The van der Waals surface area contributed by atoms with Gasteiger partial charge in [0.25, 0.3) is 0 Å². The van der Waals surface area contributed by atoms with Crippen molar-refractivity contribution in [3.05, 3.63) is 11.4 Å². The maximum atomic E-state index is 13.2. The molecule has 1 saturated heterocycles. The number of aryl methyl sites for hydroxylation is 2. The Morgan fingerprint density at radius 2 is 2.09 bits per heavy atom. The molecule has 1 aromatic heterocycles. The van der Waals surface area contributed by atoms with Crippen LogP contribution in [0.15, 0.2) is 4.90 Å². The molecule has 1 aliphatic heterocycles. The van der Waals surface area contributed by atoms with E-state index in [9.17, 15) is 8.42 Å². The first-order valence-electron chi connectivity index (χ1n) is 8.13. The fraction of sp³-hybridized carbons (Fsp3) is 0.800. The lowest BCUT2D eigenvalue weighted by Gasteiger charge is -2.38. The number of hydrogen-bond donors (Lipinski definition) is 0. The minimum absolute atomic E-state index is 0.0147. The van der Waals surface area contributed by atoms with Crippen molar-refractivity contribution in [2.24, 2.45) is 7.05 Å². The number of hydrogen-bond acceptors (Lipinski definition) is 5. The van der Waals surface area contributed by atoms with E-state index in [1.165, 1.54) is 0 Å². The van der Waals surface area contributed by atoms with Crippen LogP contribution in [0.5, 0.6) is 0 Å². The van der Waals surface area contributed by atoms with Gasteiger partial charge in [0.15, 0.2) is 0 Å². The lowest BCUT2D eigenvalue weighted by Crippen LogP contribution is -2.53. The Morgan fingerprint density at radius 3 is 2.70 bits per heavy atom.